The first-order valence-corrected chi connectivity index (χ1v) is 8.58. The summed E-state index contributed by atoms with van der Waals surface area (Å²) in [5.74, 6) is 1.41. The number of rotatable bonds is 7. The van der Waals surface area contributed by atoms with Gasteiger partial charge in [-0.3, -0.25) is 4.79 Å². The summed E-state index contributed by atoms with van der Waals surface area (Å²) in [4.78, 5) is 12.3. The predicted molar refractivity (Wildman–Crippen MR) is 86.2 cm³/mol. The minimum atomic E-state index is -0.668. The van der Waals surface area contributed by atoms with Crippen LogP contribution in [-0.2, 0) is 4.79 Å². The van der Waals surface area contributed by atoms with Crippen LogP contribution in [0.15, 0.2) is 22.8 Å². The van der Waals surface area contributed by atoms with Gasteiger partial charge in [-0.05, 0) is 31.4 Å². The van der Waals surface area contributed by atoms with Gasteiger partial charge in [0.05, 0.1) is 6.26 Å². The van der Waals surface area contributed by atoms with E-state index < -0.39 is 6.10 Å². The lowest BCUT2D eigenvalue weighted by molar-refractivity contribution is -0.125. The van der Waals surface area contributed by atoms with E-state index in [9.17, 15) is 9.90 Å². The maximum atomic E-state index is 12.3. The van der Waals surface area contributed by atoms with Crippen LogP contribution in [0, 0.1) is 11.8 Å². The van der Waals surface area contributed by atoms with Crippen molar-refractivity contribution >= 4 is 5.91 Å². The minimum absolute atomic E-state index is 0.0475. The first-order valence-electron chi connectivity index (χ1n) is 8.58. The molecule has 1 saturated carbocycles. The molecule has 1 aromatic rings. The molecule has 1 aromatic heterocycles. The highest BCUT2D eigenvalue weighted by atomic mass is 16.4. The number of aliphatic hydroxyl groups is 1. The van der Waals surface area contributed by atoms with Crippen LogP contribution in [0.25, 0.3) is 0 Å². The normalized spacial score (nSPS) is 20.3. The number of aliphatic hydroxyl groups excluding tert-OH is 1. The number of nitrogens with one attached hydrogen (secondary N) is 1. The third-order valence-corrected chi connectivity index (χ3v) is 4.70. The Morgan fingerprint density at radius 2 is 2.09 bits per heavy atom. The van der Waals surface area contributed by atoms with Gasteiger partial charge < -0.3 is 14.8 Å². The molecule has 0 saturated heterocycles. The molecule has 0 aromatic carbocycles. The molecule has 1 fully saturated rings. The third-order valence-electron chi connectivity index (χ3n) is 4.70. The summed E-state index contributed by atoms with van der Waals surface area (Å²) in [6, 6.07) is 3.44. The highest BCUT2D eigenvalue weighted by molar-refractivity contribution is 5.78. The number of furan rings is 1. The van der Waals surface area contributed by atoms with Crippen LogP contribution < -0.4 is 5.32 Å². The quantitative estimate of drug-likeness (QED) is 0.805. The van der Waals surface area contributed by atoms with Crippen LogP contribution in [-0.4, -0.2) is 17.1 Å². The van der Waals surface area contributed by atoms with E-state index in [0.717, 1.165) is 6.42 Å². The van der Waals surface area contributed by atoms with Crippen LogP contribution >= 0.6 is 0 Å². The van der Waals surface area contributed by atoms with E-state index in [1.165, 1.54) is 32.1 Å². The lowest BCUT2D eigenvalue weighted by atomic mass is 9.83. The average molecular weight is 307 g/mol. The summed E-state index contributed by atoms with van der Waals surface area (Å²) in [6.45, 7) is 3.94. The van der Waals surface area contributed by atoms with Gasteiger partial charge in [-0.2, -0.15) is 0 Å². The second-order valence-electron chi connectivity index (χ2n) is 6.82. The minimum Gasteiger partial charge on any atom is -0.467 e. The second-order valence-corrected chi connectivity index (χ2v) is 6.82. The van der Waals surface area contributed by atoms with Gasteiger partial charge in [-0.1, -0.05) is 39.0 Å². The molecule has 1 aliphatic rings. The highest BCUT2D eigenvalue weighted by Gasteiger charge is 2.23. The van der Waals surface area contributed by atoms with Crippen molar-refractivity contribution < 1.29 is 14.3 Å². The molecule has 22 heavy (non-hydrogen) atoms. The molecule has 1 aliphatic carbocycles. The molecule has 4 nitrogen and oxygen atoms in total. The van der Waals surface area contributed by atoms with Crippen LogP contribution in [0.5, 0.6) is 0 Å². The largest absolute Gasteiger partial charge is 0.467 e. The first kappa shape index (κ1) is 17.1. The summed E-state index contributed by atoms with van der Waals surface area (Å²) in [7, 11) is 0. The van der Waals surface area contributed by atoms with Crippen molar-refractivity contribution in [3.8, 4) is 0 Å². The average Bonchev–Trinajstić information content (AvgIpc) is 3.02. The second kappa shape index (κ2) is 8.37. The van der Waals surface area contributed by atoms with Crippen molar-refractivity contribution in [2.24, 2.45) is 11.8 Å². The van der Waals surface area contributed by atoms with E-state index in [1.54, 1.807) is 18.4 Å². The Hall–Kier alpha value is -1.29. The molecular weight excluding hydrogens is 278 g/mol. The fourth-order valence-corrected chi connectivity index (χ4v) is 3.41. The standard InChI is InChI=1S/C18H29NO3/c1-13(11-15-7-4-3-5-8-15)18(21)19-14(2)12-16(20)17-9-6-10-22-17/h6,9-10,13-16,20H,3-5,7-8,11-12H2,1-2H3,(H,19,21). The number of carbonyl (C=O) groups is 1. The fraction of sp³-hybridized carbons (Fsp3) is 0.722. The van der Waals surface area contributed by atoms with Gasteiger partial charge in [-0.25, -0.2) is 0 Å². The number of hydrogen-bond donors (Lipinski definition) is 2. The number of carbonyl (C=O) groups excluding carboxylic acids is 1. The van der Waals surface area contributed by atoms with Gasteiger partial charge in [0, 0.05) is 18.4 Å². The SMILES string of the molecule is CC(CC(O)c1ccco1)NC(=O)C(C)CC1CCCCC1. The molecule has 2 rings (SSSR count). The summed E-state index contributed by atoms with van der Waals surface area (Å²) < 4.78 is 5.19. The molecule has 1 amide bonds. The zero-order valence-corrected chi connectivity index (χ0v) is 13.8. The fourth-order valence-electron chi connectivity index (χ4n) is 3.41. The summed E-state index contributed by atoms with van der Waals surface area (Å²) >= 11 is 0. The highest BCUT2D eigenvalue weighted by Crippen LogP contribution is 2.29. The van der Waals surface area contributed by atoms with Crippen LogP contribution in [0.3, 0.4) is 0 Å². The lowest BCUT2D eigenvalue weighted by Gasteiger charge is -2.25. The molecule has 0 spiro atoms. The topological polar surface area (TPSA) is 62.5 Å². The monoisotopic (exact) mass is 307 g/mol. The number of hydrogen-bond acceptors (Lipinski definition) is 3. The van der Waals surface area contributed by atoms with E-state index >= 15 is 0 Å². The van der Waals surface area contributed by atoms with Gasteiger partial charge in [0.15, 0.2) is 0 Å². The zero-order valence-electron chi connectivity index (χ0n) is 13.8. The van der Waals surface area contributed by atoms with Crippen LogP contribution in [0.1, 0.15) is 70.7 Å². The Morgan fingerprint density at radius 1 is 1.36 bits per heavy atom. The lowest BCUT2D eigenvalue weighted by Crippen LogP contribution is -2.37. The summed E-state index contributed by atoms with van der Waals surface area (Å²) in [6.07, 6.45) is 8.84. The van der Waals surface area contributed by atoms with Gasteiger partial charge in [0.1, 0.15) is 11.9 Å². The smallest absolute Gasteiger partial charge is 0.223 e. The maximum absolute atomic E-state index is 12.3. The van der Waals surface area contributed by atoms with E-state index in [4.69, 9.17) is 4.42 Å². The van der Waals surface area contributed by atoms with Gasteiger partial charge in [-0.15, -0.1) is 0 Å². The third kappa shape index (κ3) is 5.16. The molecule has 0 radical (unpaired) electrons. The summed E-state index contributed by atoms with van der Waals surface area (Å²) in [5, 5.41) is 13.1. The van der Waals surface area contributed by atoms with Crippen molar-refractivity contribution in [3.63, 3.8) is 0 Å². The predicted octanol–water partition coefficient (Wildman–Crippen LogP) is 3.81. The molecule has 2 N–H and O–H groups in total. The number of amides is 1. The van der Waals surface area contributed by atoms with E-state index in [1.807, 2.05) is 13.8 Å². The van der Waals surface area contributed by atoms with Gasteiger partial charge in [0.25, 0.3) is 0 Å². The maximum Gasteiger partial charge on any atom is 0.223 e. The molecular formula is C18H29NO3. The Kier molecular flexibility index (Phi) is 6.49. The summed E-state index contributed by atoms with van der Waals surface area (Å²) in [5.41, 5.74) is 0. The van der Waals surface area contributed by atoms with Crippen LogP contribution in [0.2, 0.25) is 0 Å². The van der Waals surface area contributed by atoms with E-state index in [2.05, 4.69) is 5.32 Å². The Morgan fingerprint density at radius 3 is 2.73 bits per heavy atom. The first-order chi connectivity index (χ1) is 10.6. The van der Waals surface area contributed by atoms with Crippen molar-refractivity contribution in [1.29, 1.82) is 0 Å². The molecule has 4 heteroatoms. The van der Waals surface area contributed by atoms with Gasteiger partial charge >= 0.3 is 0 Å². The Bertz CT molecular complexity index is 437. The molecule has 3 unspecified atom stereocenters. The molecule has 0 aliphatic heterocycles. The Balaban J connectivity index is 1.72. The molecule has 3 atom stereocenters. The van der Waals surface area contributed by atoms with E-state index in [-0.39, 0.29) is 17.9 Å². The molecule has 0 bridgehead atoms. The van der Waals surface area contributed by atoms with Crippen molar-refractivity contribution in [3.05, 3.63) is 24.2 Å². The molecule has 124 valence electrons. The zero-order chi connectivity index (χ0) is 15.9. The van der Waals surface area contributed by atoms with Crippen molar-refractivity contribution in [1.82, 2.24) is 5.32 Å². The molecule has 1 heterocycles. The Labute approximate surface area is 133 Å². The van der Waals surface area contributed by atoms with Crippen LogP contribution in [0.4, 0.5) is 0 Å². The van der Waals surface area contributed by atoms with E-state index in [0.29, 0.717) is 18.1 Å². The van der Waals surface area contributed by atoms with Gasteiger partial charge in [0.2, 0.25) is 5.91 Å². The van der Waals surface area contributed by atoms with Crippen molar-refractivity contribution in [2.75, 3.05) is 0 Å². The van der Waals surface area contributed by atoms with Crippen molar-refractivity contribution in [2.45, 2.75) is 70.9 Å².